The van der Waals surface area contributed by atoms with E-state index in [1.807, 2.05) is 42.8 Å². The van der Waals surface area contributed by atoms with Gasteiger partial charge in [0.1, 0.15) is 11.9 Å². The first kappa shape index (κ1) is 21.2. The van der Waals surface area contributed by atoms with Crippen molar-refractivity contribution in [2.75, 3.05) is 19.6 Å². The zero-order valence-corrected chi connectivity index (χ0v) is 16.7. The number of amides is 1. The van der Waals surface area contributed by atoms with Crippen LogP contribution >= 0.6 is 12.4 Å². The van der Waals surface area contributed by atoms with Crippen LogP contribution < -0.4 is 15.4 Å². The van der Waals surface area contributed by atoms with Gasteiger partial charge in [-0.05, 0) is 57.0 Å². The van der Waals surface area contributed by atoms with Gasteiger partial charge in [0.15, 0.2) is 5.69 Å². The maximum absolute atomic E-state index is 12.4. The van der Waals surface area contributed by atoms with E-state index in [-0.39, 0.29) is 24.4 Å². The molecule has 8 heteroatoms. The third kappa shape index (κ3) is 5.94. The molecular weight excluding hydrogens is 366 g/mol. The van der Waals surface area contributed by atoms with Gasteiger partial charge in [0.2, 0.25) is 0 Å². The number of hydrogen-bond acceptors (Lipinski definition) is 5. The minimum atomic E-state index is -0.212. The summed E-state index contributed by atoms with van der Waals surface area (Å²) < 4.78 is 7.78. The molecule has 1 unspecified atom stereocenters. The lowest BCUT2D eigenvalue weighted by Gasteiger charge is -2.22. The highest BCUT2D eigenvalue weighted by molar-refractivity contribution is 5.91. The van der Waals surface area contributed by atoms with E-state index in [0.717, 1.165) is 43.7 Å². The lowest BCUT2D eigenvalue weighted by Crippen LogP contribution is -2.35. The van der Waals surface area contributed by atoms with E-state index in [0.29, 0.717) is 18.3 Å². The normalized spacial score (nSPS) is 15.6. The summed E-state index contributed by atoms with van der Waals surface area (Å²) in [6.45, 7) is 6.45. The van der Waals surface area contributed by atoms with Crippen molar-refractivity contribution in [1.29, 1.82) is 0 Å². The van der Waals surface area contributed by atoms with Crippen molar-refractivity contribution < 1.29 is 9.53 Å². The predicted molar refractivity (Wildman–Crippen MR) is 107 cm³/mol. The monoisotopic (exact) mass is 393 g/mol. The van der Waals surface area contributed by atoms with Crippen LogP contribution in [0, 0.1) is 6.92 Å². The van der Waals surface area contributed by atoms with Crippen LogP contribution in [0.3, 0.4) is 0 Å². The summed E-state index contributed by atoms with van der Waals surface area (Å²) in [7, 11) is 0. The van der Waals surface area contributed by atoms with Crippen LogP contribution in [0.15, 0.2) is 30.5 Å². The van der Waals surface area contributed by atoms with E-state index in [9.17, 15) is 4.79 Å². The number of carbonyl (C=O) groups is 1. The molecule has 0 aliphatic carbocycles. The largest absolute Gasteiger partial charge is 0.489 e. The molecule has 0 radical (unpaired) electrons. The summed E-state index contributed by atoms with van der Waals surface area (Å²) in [6.07, 6.45) is 4.48. The number of aromatic nitrogens is 3. The Labute approximate surface area is 166 Å². The van der Waals surface area contributed by atoms with Crippen molar-refractivity contribution in [1.82, 2.24) is 25.6 Å². The molecule has 0 bridgehead atoms. The van der Waals surface area contributed by atoms with E-state index in [1.54, 1.807) is 6.20 Å². The molecule has 27 heavy (non-hydrogen) atoms. The molecule has 0 saturated carbocycles. The first-order valence-electron chi connectivity index (χ1n) is 9.29. The first-order chi connectivity index (χ1) is 12.7. The molecule has 2 N–H and O–H groups in total. The fourth-order valence-electron chi connectivity index (χ4n) is 3.08. The minimum Gasteiger partial charge on any atom is -0.489 e. The number of nitrogens with zero attached hydrogens (tertiary/aromatic N) is 3. The topological polar surface area (TPSA) is 81.1 Å². The van der Waals surface area contributed by atoms with E-state index >= 15 is 0 Å². The molecule has 1 aromatic heterocycles. The number of carbonyl (C=O) groups excluding carboxylic acids is 1. The Morgan fingerprint density at radius 2 is 2.19 bits per heavy atom. The maximum atomic E-state index is 12.4. The molecule has 1 saturated heterocycles. The van der Waals surface area contributed by atoms with Gasteiger partial charge >= 0.3 is 0 Å². The number of ether oxygens (including phenoxy) is 1. The molecule has 2 heterocycles. The predicted octanol–water partition coefficient (Wildman–Crippen LogP) is 2.52. The van der Waals surface area contributed by atoms with Gasteiger partial charge in [-0.2, -0.15) is 0 Å². The second kappa shape index (κ2) is 10.3. The van der Waals surface area contributed by atoms with E-state index < -0.39 is 0 Å². The van der Waals surface area contributed by atoms with Crippen molar-refractivity contribution in [2.45, 2.75) is 45.3 Å². The highest BCUT2D eigenvalue weighted by Gasteiger charge is 2.19. The Balaban J connectivity index is 0.00000261. The number of piperidine rings is 1. The first-order valence-corrected chi connectivity index (χ1v) is 9.29. The summed E-state index contributed by atoms with van der Waals surface area (Å²) in [6, 6.07) is 8.24. The molecule has 0 spiro atoms. The fraction of sp³-hybridized carbons (Fsp3) is 0.526. The molecule has 1 amide bonds. The van der Waals surface area contributed by atoms with Crippen molar-refractivity contribution in [3.8, 4) is 5.75 Å². The average molecular weight is 394 g/mol. The van der Waals surface area contributed by atoms with Crippen LogP contribution in [-0.2, 0) is 0 Å². The van der Waals surface area contributed by atoms with Crippen LogP contribution in [0.4, 0.5) is 0 Å². The zero-order valence-electron chi connectivity index (χ0n) is 15.9. The van der Waals surface area contributed by atoms with Crippen LogP contribution in [0.1, 0.15) is 48.3 Å². The quantitative estimate of drug-likeness (QED) is 0.755. The Kier molecular flexibility index (Phi) is 8.06. The number of hydrogen-bond donors (Lipinski definition) is 2. The number of benzene rings is 1. The van der Waals surface area contributed by atoms with Gasteiger partial charge in [0, 0.05) is 0 Å². The highest BCUT2D eigenvalue weighted by atomic mass is 35.5. The smallest absolute Gasteiger partial charge is 0.273 e. The number of aryl methyl sites for hydroxylation is 1. The van der Waals surface area contributed by atoms with Crippen LogP contribution in [0.5, 0.6) is 5.75 Å². The molecule has 7 nitrogen and oxygen atoms in total. The molecule has 3 rings (SSSR count). The summed E-state index contributed by atoms with van der Waals surface area (Å²) in [5.74, 6) is 0.611. The van der Waals surface area contributed by atoms with Crippen LogP contribution in [0.25, 0.3) is 0 Å². The van der Waals surface area contributed by atoms with Crippen molar-refractivity contribution in [3.63, 3.8) is 0 Å². The Morgan fingerprint density at radius 3 is 2.89 bits per heavy atom. The molecular formula is C19H28ClN5O2. The van der Waals surface area contributed by atoms with Gasteiger partial charge < -0.3 is 15.4 Å². The second-order valence-electron chi connectivity index (χ2n) is 6.74. The average Bonchev–Trinajstić information content (AvgIpc) is 3.16. The molecule has 1 aliphatic heterocycles. The number of halogens is 1. The van der Waals surface area contributed by atoms with Gasteiger partial charge in [0.25, 0.3) is 5.91 Å². The molecule has 148 valence electrons. The summed E-state index contributed by atoms with van der Waals surface area (Å²) in [5, 5.41) is 14.4. The van der Waals surface area contributed by atoms with Crippen LogP contribution in [-0.4, -0.2) is 46.6 Å². The number of rotatable bonds is 7. The minimum absolute atomic E-state index is 0. The third-order valence-electron chi connectivity index (χ3n) is 4.66. The van der Waals surface area contributed by atoms with E-state index in [2.05, 4.69) is 20.9 Å². The SMILES string of the molecule is CCC(CNC(=O)c1cn(C2CCNCC2)nn1)Oc1cccc(C)c1.Cl. The second-order valence-corrected chi connectivity index (χ2v) is 6.74. The van der Waals surface area contributed by atoms with Gasteiger partial charge in [-0.3, -0.25) is 4.79 Å². The Hall–Kier alpha value is -2.12. The summed E-state index contributed by atoms with van der Waals surface area (Å²) >= 11 is 0. The lowest BCUT2D eigenvalue weighted by molar-refractivity contribution is 0.0921. The van der Waals surface area contributed by atoms with Crippen LogP contribution in [0.2, 0.25) is 0 Å². The van der Waals surface area contributed by atoms with Gasteiger partial charge in [-0.1, -0.05) is 24.3 Å². The van der Waals surface area contributed by atoms with Crippen molar-refractivity contribution >= 4 is 18.3 Å². The Morgan fingerprint density at radius 1 is 1.41 bits per heavy atom. The van der Waals surface area contributed by atoms with Gasteiger partial charge in [-0.25, -0.2) is 4.68 Å². The van der Waals surface area contributed by atoms with Crippen molar-refractivity contribution in [2.24, 2.45) is 0 Å². The maximum Gasteiger partial charge on any atom is 0.273 e. The molecule has 2 aromatic rings. The zero-order chi connectivity index (χ0) is 18.4. The standard InChI is InChI=1S/C19H27N5O2.ClH/c1-3-16(26-17-6-4-5-14(2)11-17)12-21-19(25)18-13-24(23-22-18)15-7-9-20-10-8-15;/h4-6,11,13,15-16,20H,3,7-10,12H2,1-2H3,(H,21,25);1H. The summed E-state index contributed by atoms with van der Waals surface area (Å²) in [5.41, 5.74) is 1.50. The van der Waals surface area contributed by atoms with E-state index in [4.69, 9.17) is 4.74 Å². The number of nitrogens with one attached hydrogen (secondary N) is 2. The van der Waals surface area contributed by atoms with Gasteiger partial charge in [-0.15, -0.1) is 17.5 Å². The molecule has 1 fully saturated rings. The molecule has 1 atom stereocenters. The lowest BCUT2D eigenvalue weighted by atomic mass is 10.1. The molecule has 1 aliphatic rings. The van der Waals surface area contributed by atoms with E-state index in [1.165, 1.54) is 0 Å². The molecule has 1 aromatic carbocycles. The van der Waals surface area contributed by atoms with Crippen molar-refractivity contribution in [3.05, 3.63) is 41.7 Å². The highest BCUT2D eigenvalue weighted by Crippen LogP contribution is 2.17. The Bertz CT molecular complexity index is 730. The third-order valence-corrected chi connectivity index (χ3v) is 4.66. The van der Waals surface area contributed by atoms with Gasteiger partial charge in [0.05, 0.1) is 18.8 Å². The summed E-state index contributed by atoms with van der Waals surface area (Å²) in [4.78, 5) is 12.4. The fourth-order valence-corrected chi connectivity index (χ4v) is 3.08.